The van der Waals surface area contributed by atoms with Crippen LogP contribution < -0.4 is 5.32 Å². The Bertz CT molecular complexity index is 306. The van der Waals surface area contributed by atoms with Crippen LogP contribution in [0.15, 0.2) is 0 Å². The quantitative estimate of drug-likeness (QED) is 0.585. The summed E-state index contributed by atoms with van der Waals surface area (Å²) in [6.45, 7) is 5.06. The van der Waals surface area contributed by atoms with E-state index in [2.05, 4.69) is 11.2 Å². The lowest BCUT2D eigenvalue weighted by Gasteiger charge is -2.38. The van der Waals surface area contributed by atoms with E-state index in [1.807, 2.05) is 0 Å². The summed E-state index contributed by atoms with van der Waals surface area (Å²) in [5, 5.41) is 2.59. The molecule has 0 aliphatic carbocycles. The van der Waals surface area contributed by atoms with Crippen molar-refractivity contribution in [3.8, 4) is 12.3 Å². The van der Waals surface area contributed by atoms with Crippen LogP contribution in [0.5, 0.6) is 0 Å². The second-order valence-electron chi connectivity index (χ2n) is 3.49. The molecule has 1 fully saturated rings. The molecule has 1 N–H and O–H groups in total. The molecule has 76 valence electrons. The number of amides is 2. The molecule has 0 aromatic heterocycles. The Balaban J connectivity index is 2.94. The first-order valence-corrected chi connectivity index (χ1v) is 4.57. The Morgan fingerprint density at radius 1 is 1.50 bits per heavy atom. The van der Waals surface area contributed by atoms with Crippen LogP contribution in [0.4, 0.5) is 0 Å². The third-order valence-corrected chi connectivity index (χ3v) is 2.44. The van der Waals surface area contributed by atoms with Crippen molar-refractivity contribution < 1.29 is 9.59 Å². The molecule has 0 bridgehead atoms. The fraction of sp³-hybridized carbons (Fsp3) is 0.600. The molecule has 0 saturated carbocycles. The number of terminal acetylenes is 1. The Kier molecular flexibility index (Phi) is 2.80. The lowest BCUT2D eigenvalue weighted by atomic mass is 10.1. The maximum absolute atomic E-state index is 11.7. The normalized spacial score (nSPS) is 29.4. The van der Waals surface area contributed by atoms with Gasteiger partial charge in [0, 0.05) is 0 Å². The zero-order valence-electron chi connectivity index (χ0n) is 8.57. The molecular weight excluding hydrogens is 180 g/mol. The van der Waals surface area contributed by atoms with Gasteiger partial charge >= 0.3 is 0 Å². The largest absolute Gasteiger partial charge is 0.343 e. The van der Waals surface area contributed by atoms with Crippen LogP contribution in [0.25, 0.3) is 0 Å². The molecule has 1 rings (SSSR count). The highest BCUT2D eigenvalue weighted by molar-refractivity contribution is 5.96. The van der Waals surface area contributed by atoms with E-state index >= 15 is 0 Å². The second-order valence-corrected chi connectivity index (χ2v) is 3.49. The zero-order chi connectivity index (χ0) is 10.9. The summed E-state index contributed by atoms with van der Waals surface area (Å²) in [7, 11) is 0. The van der Waals surface area contributed by atoms with Crippen molar-refractivity contribution >= 4 is 11.8 Å². The Morgan fingerprint density at radius 2 is 2.07 bits per heavy atom. The Hall–Kier alpha value is -1.50. The van der Waals surface area contributed by atoms with Crippen molar-refractivity contribution in [2.75, 3.05) is 0 Å². The van der Waals surface area contributed by atoms with Gasteiger partial charge in [0.2, 0.25) is 11.8 Å². The molecule has 1 aliphatic heterocycles. The third kappa shape index (κ3) is 1.58. The Morgan fingerprint density at radius 3 is 2.57 bits per heavy atom. The van der Waals surface area contributed by atoms with E-state index in [9.17, 15) is 9.59 Å². The van der Waals surface area contributed by atoms with E-state index in [-0.39, 0.29) is 17.9 Å². The number of hydrogen-bond donors (Lipinski definition) is 1. The van der Waals surface area contributed by atoms with Gasteiger partial charge in [-0.25, -0.2) is 0 Å². The zero-order valence-corrected chi connectivity index (χ0v) is 8.57. The molecule has 4 nitrogen and oxygen atoms in total. The van der Waals surface area contributed by atoms with Crippen LogP contribution in [-0.4, -0.2) is 34.8 Å². The molecule has 1 heterocycles. The molecule has 3 unspecified atom stereocenters. The molecule has 0 aromatic rings. The van der Waals surface area contributed by atoms with Gasteiger partial charge in [-0.05, 0) is 20.8 Å². The van der Waals surface area contributed by atoms with E-state index in [4.69, 9.17) is 6.42 Å². The molecule has 2 amide bonds. The van der Waals surface area contributed by atoms with Gasteiger partial charge < -0.3 is 10.2 Å². The van der Waals surface area contributed by atoms with Crippen LogP contribution in [0, 0.1) is 12.3 Å². The highest BCUT2D eigenvalue weighted by atomic mass is 16.2. The molecular formula is C10H14N2O2. The van der Waals surface area contributed by atoms with Crippen LogP contribution >= 0.6 is 0 Å². The smallest absolute Gasteiger partial charge is 0.246 e. The topological polar surface area (TPSA) is 49.4 Å². The lowest BCUT2D eigenvalue weighted by molar-refractivity contribution is -0.149. The van der Waals surface area contributed by atoms with Gasteiger partial charge in [0.25, 0.3) is 0 Å². The van der Waals surface area contributed by atoms with Crippen molar-refractivity contribution in [1.29, 1.82) is 0 Å². The standard InChI is InChI=1S/C10H14N2O2/c1-5-6(2)12-8(4)9(13)11-7(3)10(12)14/h1,6-8H,2-4H3,(H,11,13). The van der Waals surface area contributed by atoms with E-state index in [0.29, 0.717) is 0 Å². The number of piperazine rings is 1. The van der Waals surface area contributed by atoms with E-state index in [1.54, 1.807) is 20.8 Å². The lowest BCUT2D eigenvalue weighted by Crippen LogP contribution is -2.63. The second kappa shape index (κ2) is 3.70. The summed E-state index contributed by atoms with van der Waals surface area (Å²) in [6, 6.07) is -1.30. The molecule has 0 spiro atoms. The molecule has 14 heavy (non-hydrogen) atoms. The first-order chi connectivity index (χ1) is 6.49. The van der Waals surface area contributed by atoms with Crippen molar-refractivity contribution in [3.05, 3.63) is 0 Å². The van der Waals surface area contributed by atoms with Crippen LogP contribution in [0.2, 0.25) is 0 Å². The SMILES string of the molecule is C#CC(C)N1C(=O)C(C)NC(=O)C1C. The van der Waals surface area contributed by atoms with Gasteiger partial charge in [0.05, 0.1) is 6.04 Å². The molecule has 0 aromatic carbocycles. The van der Waals surface area contributed by atoms with Crippen LogP contribution in [-0.2, 0) is 9.59 Å². The van der Waals surface area contributed by atoms with Crippen molar-refractivity contribution in [2.45, 2.75) is 38.9 Å². The summed E-state index contributed by atoms with van der Waals surface area (Å²) in [5.41, 5.74) is 0. The summed E-state index contributed by atoms with van der Waals surface area (Å²) >= 11 is 0. The molecule has 4 heteroatoms. The summed E-state index contributed by atoms with van der Waals surface area (Å²) in [5.74, 6) is 2.19. The number of carbonyl (C=O) groups is 2. The predicted octanol–water partition coefficient (Wildman–Crippen LogP) is -0.256. The molecule has 3 atom stereocenters. The average molecular weight is 194 g/mol. The highest BCUT2D eigenvalue weighted by Crippen LogP contribution is 2.12. The van der Waals surface area contributed by atoms with E-state index in [1.165, 1.54) is 4.90 Å². The molecule has 0 radical (unpaired) electrons. The highest BCUT2D eigenvalue weighted by Gasteiger charge is 2.37. The monoisotopic (exact) mass is 194 g/mol. The van der Waals surface area contributed by atoms with Gasteiger partial charge in [0.1, 0.15) is 12.1 Å². The summed E-state index contributed by atoms with van der Waals surface area (Å²) < 4.78 is 0. The Labute approximate surface area is 83.6 Å². The van der Waals surface area contributed by atoms with E-state index < -0.39 is 12.1 Å². The minimum atomic E-state index is -0.482. The van der Waals surface area contributed by atoms with Gasteiger partial charge in [-0.2, -0.15) is 0 Å². The van der Waals surface area contributed by atoms with Crippen molar-refractivity contribution in [3.63, 3.8) is 0 Å². The van der Waals surface area contributed by atoms with Crippen LogP contribution in [0.1, 0.15) is 20.8 Å². The molecule has 1 saturated heterocycles. The summed E-state index contributed by atoms with van der Waals surface area (Å²) in [6.07, 6.45) is 5.24. The van der Waals surface area contributed by atoms with Gasteiger partial charge in [-0.3, -0.25) is 9.59 Å². The average Bonchev–Trinajstić information content (AvgIpc) is 2.15. The van der Waals surface area contributed by atoms with Crippen LogP contribution in [0.3, 0.4) is 0 Å². The maximum Gasteiger partial charge on any atom is 0.246 e. The first kappa shape index (κ1) is 10.6. The molecule has 1 aliphatic rings. The maximum atomic E-state index is 11.7. The van der Waals surface area contributed by atoms with Gasteiger partial charge in [-0.1, -0.05) is 5.92 Å². The fourth-order valence-corrected chi connectivity index (χ4v) is 1.54. The number of nitrogens with zero attached hydrogens (tertiary/aromatic N) is 1. The summed E-state index contributed by atoms with van der Waals surface area (Å²) in [4.78, 5) is 24.6. The van der Waals surface area contributed by atoms with E-state index in [0.717, 1.165) is 0 Å². The van der Waals surface area contributed by atoms with Gasteiger partial charge in [0.15, 0.2) is 0 Å². The third-order valence-electron chi connectivity index (χ3n) is 2.44. The minimum Gasteiger partial charge on any atom is -0.343 e. The van der Waals surface area contributed by atoms with Crippen molar-refractivity contribution in [1.82, 2.24) is 10.2 Å². The van der Waals surface area contributed by atoms with Crippen molar-refractivity contribution in [2.24, 2.45) is 0 Å². The minimum absolute atomic E-state index is 0.123. The number of nitrogens with one attached hydrogen (secondary N) is 1. The number of hydrogen-bond acceptors (Lipinski definition) is 2. The number of rotatable bonds is 1. The fourth-order valence-electron chi connectivity index (χ4n) is 1.54. The van der Waals surface area contributed by atoms with Gasteiger partial charge in [-0.15, -0.1) is 6.42 Å². The predicted molar refractivity (Wildman–Crippen MR) is 52.2 cm³/mol. The number of carbonyl (C=O) groups excluding carboxylic acids is 2. The first-order valence-electron chi connectivity index (χ1n) is 4.57.